The Morgan fingerprint density at radius 2 is 2.05 bits per heavy atom. The lowest BCUT2D eigenvalue weighted by atomic mass is 10.2. The van der Waals surface area contributed by atoms with Crippen molar-refractivity contribution in [1.82, 2.24) is 20.1 Å². The maximum Gasteiger partial charge on any atom is 0.259 e. The summed E-state index contributed by atoms with van der Waals surface area (Å²) in [5.74, 6) is 1.35. The van der Waals surface area contributed by atoms with Gasteiger partial charge in [-0.15, -0.1) is 0 Å². The summed E-state index contributed by atoms with van der Waals surface area (Å²) >= 11 is 6.11. The molecule has 20 heavy (non-hydrogen) atoms. The normalized spacial score (nSPS) is 10.7. The van der Waals surface area contributed by atoms with Crippen LogP contribution in [0.5, 0.6) is 0 Å². The third-order valence-corrected chi connectivity index (χ3v) is 2.97. The molecule has 0 aliphatic rings. The number of halogens is 1. The van der Waals surface area contributed by atoms with Gasteiger partial charge in [-0.25, -0.2) is 9.97 Å². The Kier molecular flexibility index (Phi) is 3.08. The van der Waals surface area contributed by atoms with Crippen LogP contribution in [0.25, 0.3) is 23.0 Å². The van der Waals surface area contributed by atoms with Gasteiger partial charge in [0.25, 0.3) is 5.89 Å². The Balaban J connectivity index is 2.02. The van der Waals surface area contributed by atoms with Gasteiger partial charge < -0.3 is 10.3 Å². The molecule has 0 saturated carbocycles. The molecule has 0 unspecified atom stereocenters. The van der Waals surface area contributed by atoms with Crippen molar-refractivity contribution in [3.05, 3.63) is 41.3 Å². The molecule has 3 rings (SSSR count). The maximum atomic E-state index is 6.11. The van der Waals surface area contributed by atoms with Crippen molar-refractivity contribution in [1.29, 1.82) is 0 Å². The minimum Gasteiger partial charge on any atom is -0.399 e. The largest absolute Gasteiger partial charge is 0.399 e. The van der Waals surface area contributed by atoms with Gasteiger partial charge in [0.2, 0.25) is 5.82 Å². The Morgan fingerprint density at radius 1 is 1.20 bits per heavy atom. The van der Waals surface area contributed by atoms with Gasteiger partial charge in [0.15, 0.2) is 0 Å². The van der Waals surface area contributed by atoms with E-state index in [2.05, 4.69) is 20.1 Å². The number of nitrogens with two attached hydrogens (primary N) is 1. The summed E-state index contributed by atoms with van der Waals surface area (Å²) in [4.78, 5) is 12.5. The van der Waals surface area contributed by atoms with Gasteiger partial charge in [-0.2, -0.15) is 4.98 Å². The van der Waals surface area contributed by atoms with Gasteiger partial charge in [-0.1, -0.05) is 16.8 Å². The van der Waals surface area contributed by atoms with Gasteiger partial charge in [0.1, 0.15) is 11.5 Å². The van der Waals surface area contributed by atoms with Gasteiger partial charge in [-0.05, 0) is 31.2 Å². The standard InChI is InChI=1S/C13H10ClN5O/c1-7-16-5-4-11(17-7)12-18-13(20-19-12)9-3-2-8(15)6-10(9)14/h2-6H,15H2,1H3. The lowest BCUT2D eigenvalue weighted by molar-refractivity contribution is 0.432. The molecular weight excluding hydrogens is 278 g/mol. The highest BCUT2D eigenvalue weighted by atomic mass is 35.5. The number of anilines is 1. The van der Waals surface area contributed by atoms with Crippen molar-refractivity contribution < 1.29 is 4.52 Å². The monoisotopic (exact) mass is 287 g/mol. The van der Waals surface area contributed by atoms with E-state index in [0.29, 0.717) is 39.5 Å². The van der Waals surface area contributed by atoms with Gasteiger partial charge >= 0.3 is 0 Å². The predicted molar refractivity (Wildman–Crippen MR) is 74.9 cm³/mol. The van der Waals surface area contributed by atoms with E-state index < -0.39 is 0 Å². The highest BCUT2D eigenvalue weighted by molar-refractivity contribution is 6.33. The number of aryl methyl sites for hydroxylation is 1. The number of hydrogen-bond donors (Lipinski definition) is 1. The van der Waals surface area contributed by atoms with E-state index in [1.165, 1.54) is 0 Å². The van der Waals surface area contributed by atoms with Crippen LogP contribution in [0, 0.1) is 6.92 Å². The molecule has 2 heterocycles. The molecule has 0 amide bonds. The molecule has 2 aromatic heterocycles. The number of nitrogens with zero attached hydrogens (tertiary/aromatic N) is 4. The fourth-order valence-electron chi connectivity index (χ4n) is 1.72. The van der Waals surface area contributed by atoms with Crippen LogP contribution in [0.3, 0.4) is 0 Å². The third kappa shape index (κ3) is 2.33. The van der Waals surface area contributed by atoms with Crippen molar-refractivity contribution in [2.24, 2.45) is 0 Å². The SMILES string of the molecule is Cc1nccc(-c2noc(-c3ccc(N)cc3Cl)n2)n1. The van der Waals surface area contributed by atoms with E-state index in [1.54, 1.807) is 37.4 Å². The molecule has 0 radical (unpaired) electrons. The lowest BCUT2D eigenvalue weighted by Gasteiger charge is -1.99. The van der Waals surface area contributed by atoms with E-state index >= 15 is 0 Å². The predicted octanol–water partition coefficient (Wildman–Crippen LogP) is 2.74. The molecule has 0 atom stereocenters. The molecule has 1 aromatic carbocycles. The van der Waals surface area contributed by atoms with Gasteiger partial charge in [0, 0.05) is 11.9 Å². The minimum atomic E-state index is 0.321. The molecule has 6 nitrogen and oxygen atoms in total. The first-order valence-corrected chi connectivity index (χ1v) is 6.20. The molecule has 0 aliphatic carbocycles. The first-order chi connectivity index (χ1) is 9.63. The summed E-state index contributed by atoms with van der Waals surface area (Å²) in [6, 6.07) is 6.81. The zero-order valence-electron chi connectivity index (χ0n) is 10.5. The number of benzene rings is 1. The van der Waals surface area contributed by atoms with Crippen LogP contribution in [0.2, 0.25) is 5.02 Å². The van der Waals surface area contributed by atoms with Crippen molar-refractivity contribution >= 4 is 17.3 Å². The van der Waals surface area contributed by atoms with E-state index in [9.17, 15) is 0 Å². The van der Waals surface area contributed by atoms with Crippen molar-refractivity contribution in [3.63, 3.8) is 0 Å². The fraction of sp³-hybridized carbons (Fsp3) is 0.0769. The fourth-order valence-corrected chi connectivity index (χ4v) is 1.99. The number of aromatic nitrogens is 4. The van der Waals surface area contributed by atoms with Crippen molar-refractivity contribution in [3.8, 4) is 23.0 Å². The minimum absolute atomic E-state index is 0.321. The molecular formula is C13H10ClN5O. The highest BCUT2D eigenvalue weighted by Crippen LogP contribution is 2.29. The second-order valence-corrected chi connectivity index (χ2v) is 4.56. The smallest absolute Gasteiger partial charge is 0.259 e. The van der Waals surface area contributed by atoms with Crippen LogP contribution in [0.4, 0.5) is 5.69 Å². The summed E-state index contributed by atoms with van der Waals surface area (Å²) in [7, 11) is 0. The average molecular weight is 288 g/mol. The lowest BCUT2D eigenvalue weighted by Crippen LogP contribution is -1.91. The summed E-state index contributed by atoms with van der Waals surface area (Å²) in [6.07, 6.45) is 1.64. The van der Waals surface area contributed by atoms with E-state index in [4.69, 9.17) is 21.9 Å². The van der Waals surface area contributed by atoms with Gasteiger partial charge in [-0.3, -0.25) is 0 Å². The molecule has 7 heteroatoms. The van der Waals surface area contributed by atoms with Crippen molar-refractivity contribution in [2.75, 3.05) is 5.73 Å². The van der Waals surface area contributed by atoms with E-state index in [-0.39, 0.29) is 0 Å². The first-order valence-electron chi connectivity index (χ1n) is 5.82. The Morgan fingerprint density at radius 3 is 2.80 bits per heavy atom. The zero-order valence-corrected chi connectivity index (χ0v) is 11.3. The highest BCUT2D eigenvalue weighted by Gasteiger charge is 2.14. The first kappa shape index (κ1) is 12.6. The van der Waals surface area contributed by atoms with Crippen LogP contribution in [0.1, 0.15) is 5.82 Å². The van der Waals surface area contributed by atoms with Crippen LogP contribution in [-0.2, 0) is 0 Å². The summed E-state index contributed by atoms with van der Waals surface area (Å²) in [5, 5.41) is 4.36. The molecule has 0 saturated heterocycles. The third-order valence-electron chi connectivity index (χ3n) is 2.65. The van der Waals surface area contributed by atoms with E-state index in [0.717, 1.165) is 0 Å². The summed E-state index contributed by atoms with van der Waals surface area (Å²) < 4.78 is 5.22. The Bertz CT molecular complexity index is 771. The number of nitrogen functional groups attached to an aromatic ring is 1. The van der Waals surface area contributed by atoms with Crippen molar-refractivity contribution in [2.45, 2.75) is 6.92 Å². The zero-order chi connectivity index (χ0) is 14.1. The molecule has 0 fully saturated rings. The molecule has 0 bridgehead atoms. The topological polar surface area (TPSA) is 90.7 Å². The van der Waals surface area contributed by atoms with Crippen LogP contribution in [-0.4, -0.2) is 20.1 Å². The maximum absolute atomic E-state index is 6.11. The quantitative estimate of drug-likeness (QED) is 0.729. The number of rotatable bonds is 2. The summed E-state index contributed by atoms with van der Waals surface area (Å²) in [5.41, 5.74) is 7.45. The molecule has 100 valence electrons. The molecule has 3 aromatic rings. The molecule has 0 spiro atoms. The van der Waals surface area contributed by atoms with Gasteiger partial charge in [0.05, 0.1) is 10.6 Å². The van der Waals surface area contributed by atoms with Crippen LogP contribution >= 0.6 is 11.6 Å². The Labute approximate surface area is 119 Å². The van der Waals surface area contributed by atoms with Crippen LogP contribution in [0.15, 0.2) is 35.0 Å². The van der Waals surface area contributed by atoms with Crippen LogP contribution < -0.4 is 5.73 Å². The number of hydrogen-bond acceptors (Lipinski definition) is 6. The average Bonchev–Trinajstić information content (AvgIpc) is 2.88. The summed E-state index contributed by atoms with van der Waals surface area (Å²) in [6.45, 7) is 1.79. The van der Waals surface area contributed by atoms with E-state index in [1.807, 2.05) is 0 Å². The molecule has 0 aliphatic heterocycles. The Hall–Kier alpha value is -2.47. The molecule has 2 N–H and O–H groups in total. The second kappa shape index (κ2) is 4.90. The second-order valence-electron chi connectivity index (χ2n) is 4.15.